The van der Waals surface area contributed by atoms with Crippen LogP contribution in [0.4, 0.5) is 0 Å². The Morgan fingerprint density at radius 2 is 1.94 bits per heavy atom. The predicted molar refractivity (Wildman–Crippen MR) is 61.7 cm³/mol. The average molecular weight is 258 g/mol. The Morgan fingerprint density at radius 1 is 1.25 bits per heavy atom. The van der Waals surface area contributed by atoms with E-state index in [1.165, 1.54) is 6.21 Å². The van der Waals surface area contributed by atoms with Crippen molar-refractivity contribution in [3.8, 4) is 0 Å². The summed E-state index contributed by atoms with van der Waals surface area (Å²) in [5.41, 5.74) is 0.906. The van der Waals surface area contributed by atoms with Gasteiger partial charge in [0.2, 0.25) is 0 Å². The number of benzene rings is 1. The van der Waals surface area contributed by atoms with Crippen LogP contribution in [0.3, 0.4) is 0 Å². The van der Waals surface area contributed by atoms with E-state index in [0.717, 1.165) is 11.0 Å². The summed E-state index contributed by atoms with van der Waals surface area (Å²) in [4.78, 5) is 0. The molecule has 16 heavy (non-hydrogen) atoms. The molecule has 0 saturated heterocycles. The molecule has 1 aliphatic rings. The third kappa shape index (κ3) is 2.84. The van der Waals surface area contributed by atoms with Crippen LogP contribution in [0.2, 0.25) is 5.02 Å². The molecule has 0 saturated carbocycles. The molecule has 2 rings (SSSR count). The van der Waals surface area contributed by atoms with E-state index in [1.807, 2.05) is 12.1 Å². The lowest BCUT2D eigenvalue weighted by molar-refractivity contribution is 0.220. The highest BCUT2D eigenvalue weighted by Crippen LogP contribution is 2.14. The Bertz CT molecular complexity index is 546. The van der Waals surface area contributed by atoms with Gasteiger partial charge in [-0.15, -0.1) is 0 Å². The molecule has 1 aliphatic heterocycles. The molecule has 4 nitrogen and oxygen atoms in total. The van der Waals surface area contributed by atoms with Gasteiger partial charge in [0, 0.05) is 5.02 Å². The molecule has 1 aromatic carbocycles. The highest BCUT2D eigenvalue weighted by Gasteiger charge is 2.13. The van der Waals surface area contributed by atoms with Crippen molar-refractivity contribution in [3.05, 3.63) is 46.0 Å². The van der Waals surface area contributed by atoms with Crippen molar-refractivity contribution in [2.45, 2.75) is 6.61 Å². The van der Waals surface area contributed by atoms with Crippen molar-refractivity contribution < 1.29 is 13.2 Å². The van der Waals surface area contributed by atoms with Crippen LogP contribution in [-0.2, 0) is 21.4 Å². The summed E-state index contributed by atoms with van der Waals surface area (Å²) >= 11 is 5.72. The summed E-state index contributed by atoms with van der Waals surface area (Å²) in [5.74, 6) is 0.245. The molecule has 0 amide bonds. The van der Waals surface area contributed by atoms with Gasteiger partial charge in [0.15, 0.2) is 5.76 Å². The number of sulfonamides is 1. The predicted octanol–water partition coefficient (Wildman–Crippen LogP) is 2.11. The van der Waals surface area contributed by atoms with E-state index in [-0.39, 0.29) is 12.4 Å². The lowest BCUT2D eigenvalue weighted by atomic mass is 10.2. The lowest BCUT2D eigenvalue weighted by Gasteiger charge is -2.03. The van der Waals surface area contributed by atoms with E-state index in [4.69, 9.17) is 16.3 Å². The van der Waals surface area contributed by atoms with Crippen LogP contribution in [0.5, 0.6) is 0 Å². The quantitative estimate of drug-likeness (QED) is 0.833. The average Bonchev–Trinajstić information content (AvgIpc) is 2.58. The van der Waals surface area contributed by atoms with E-state index >= 15 is 0 Å². The smallest absolute Gasteiger partial charge is 0.279 e. The number of allylic oxidation sites excluding steroid dienone is 1. The largest absolute Gasteiger partial charge is 0.486 e. The maximum absolute atomic E-state index is 10.9. The molecule has 0 bridgehead atoms. The summed E-state index contributed by atoms with van der Waals surface area (Å²) in [5, 5.41) is 1.64. The van der Waals surface area contributed by atoms with E-state index in [0.29, 0.717) is 5.02 Å². The first-order valence-electron chi connectivity index (χ1n) is 4.44. The first-order chi connectivity index (χ1) is 7.55. The molecule has 1 aromatic rings. The number of nitrogens with zero attached hydrogens (tertiary/aromatic N) is 1. The van der Waals surface area contributed by atoms with Gasteiger partial charge in [-0.1, -0.05) is 23.7 Å². The van der Waals surface area contributed by atoms with Gasteiger partial charge >= 0.3 is 0 Å². The Hall–Kier alpha value is -1.33. The summed E-state index contributed by atoms with van der Waals surface area (Å²) in [6, 6.07) is 7.11. The SMILES string of the molecule is O=S1(=O)C=C(OCc2ccc(Cl)cc2)C=N1. The fourth-order valence-corrected chi connectivity index (χ4v) is 2.01. The number of hydrogen-bond acceptors (Lipinski definition) is 3. The zero-order valence-corrected chi connectivity index (χ0v) is 9.70. The lowest BCUT2D eigenvalue weighted by Crippen LogP contribution is -1.93. The summed E-state index contributed by atoms with van der Waals surface area (Å²) in [7, 11) is -3.45. The standard InChI is InChI=1S/C10H8ClNO3S/c11-9-3-1-8(2-4-9)6-15-10-5-12-16(13,14)7-10/h1-5,7H,6H2. The van der Waals surface area contributed by atoms with Gasteiger partial charge in [-0.3, -0.25) is 0 Å². The summed E-state index contributed by atoms with van der Waals surface area (Å²) in [6.45, 7) is 0.282. The van der Waals surface area contributed by atoms with Gasteiger partial charge in [-0.05, 0) is 17.7 Å². The molecule has 0 radical (unpaired) electrons. The molecule has 0 atom stereocenters. The van der Waals surface area contributed by atoms with Crippen LogP contribution in [0.15, 0.2) is 39.8 Å². The van der Waals surface area contributed by atoms with Gasteiger partial charge in [0.25, 0.3) is 10.0 Å². The fraction of sp³-hybridized carbons (Fsp3) is 0.100. The highest BCUT2D eigenvalue weighted by molar-refractivity contribution is 7.93. The minimum Gasteiger partial charge on any atom is -0.486 e. The van der Waals surface area contributed by atoms with Crippen LogP contribution < -0.4 is 0 Å². The molecule has 0 aromatic heterocycles. The summed E-state index contributed by atoms with van der Waals surface area (Å²) < 4.78 is 30.4. The Kier molecular flexibility index (Phi) is 2.98. The molecule has 0 spiro atoms. The molecule has 6 heteroatoms. The topological polar surface area (TPSA) is 55.7 Å². The van der Waals surface area contributed by atoms with Crippen LogP contribution in [-0.4, -0.2) is 14.6 Å². The first kappa shape index (κ1) is 11.2. The van der Waals surface area contributed by atoms with Gasteiger partial charge < -0.3 is 4.74 Å². The second-order valence-corrected chi connectivity index (χ2v) is 5.10. The van der Waals surface area contributed by atoms with E-state index in [1.54, 1.807) is 12.1 Å². The van der Waals surface area contributed by atoms with Gasteiger partial charge in [0.1, 0.15) is 6.61 Å². The van der Waals surface area contributed by atoms with Crippen LogP contribution in [0.25, 0.3) is 0 Å². The molecular weight excluding hydrogens is 250 g/mol. The van der Waals surface area contributed by atoms with Crippen molar-refractivity contribution in [2.75, 3.05) is 0 Å². The molecule has 0 aliphatic carbocycles. The Balaban J connectivity index is 1.99. The Morgan fingerprint density at radius 3 is 2.50 bits per heavy atom. The van der Waals surface area contributed by atoms with Crippen molar-refractivity contribution in [2.24, 2.45) is 4.40 Å². The highest BCUT2D eigenvalue weighted by atomic mass is 35.5. The molecule has 84 valence electrons. The molecule has 0 N–H and O–H groups in total. The summed E-state index contributed by atoms with van der Waals surface area (Å²) in [6.07, 6.45) is 1.19. The van der Waals surface area contributed by atoms with Crippen molar-refractivity contribution in [1.29, 1.82) is 0 Å². The second kappa shape index (κ2) is 4.27. The van der Waals surface area contributed by atoms with E-state index in [9.17, 15) is 8.42 Å². The van der Waals surface area contributed by atoms with Gasteiger partial charge in [-0.25, -0.2) is 0 Å². The van der Waals surface area contributed by atoms with Crippen LogP contribution in [0.1, 0.15) is 5.56 Å². The molecule has 0 fully saturated rings. The van der Waals surface area contributed by atoms with Crippen LogP contribution >= 0.6 is 11.6 Å². The van der Waals surface area contributed by atoms with Crippen LogP contribution in [0, 0.1) is 0 Å². The number of hydrogen-bond donors (Lipinski definition) is 0. The number of ether oxygens (including phenoxy) is 1. The van der Waals surface area contributed by atoms with Crippen molar-refractivity contribution in [1.82, 2.24) is 0 Å². The van der Waals surface area contributed by atoms with Gasteiger partial charge in [0.05, 0.1) is 11.6 Å². The maximum atomic E-state index is 10.9. The number of halogens is 1. The molecule has 0 unspecified atom stereocenters. The fourth-order valence-electron chi connectivity index (χ4n) is 1.15. The maximum Gasteiger partial charge on any atom is 0.279 e. The zero-order valence-electron chi connectivity index (χ0n) is 8.13. The first-order valence-corrected chi connectivity index (χ1v) is 6.33. The molecule has 1 heterocycles. The molecular formula is C10H8ClNO3S. The second-order valence-electron chi connectivity index (χ2n) is 3.18. The monoisotopic (exact) mass is 257 g/mol. The zero-order chi connectivity index (χ0) is 11.6. The van der Waals surface area contributed by atoms with E-state index in [2.05, 4.69) is 4.40 Å². The third-order valence-corrected chi connectivity index (χ3v) is 3.09. The number of rotatable bonds is 3. The van der Waals surface area contributed by atoms with Crippen molar-refractivity contribution in [3.63, 3.8) is 0 Å². The van der Waals surface area contributed by atoms with Crippen molar-refractivity contribution >= 4 is 27.8 Å². The minimum atomic E-state index is -3.45. The normalized spacial score (nSPS) is 17.2. The van der Waals surface area contributed by atoms with E-state index < -0.39 is 10.0 Å². The minimum absolute atomic E-state index is 0.245. The Labute approximate surface area is 98.3 Å². The third-order valence-electron chi connectivity index (χ3n) is 1.91. The van der Waals surface area contributed by atoms with Gasteiger partial charge in [-0.2, -0.15) is 12.8 Å².